The second kappa shape index (κ2) is 6.98. The molecule has 0 saturated heterocycles. The summed E-state index contributed by atoms with van der Waals surface area (Å²) in [5.41, 5.74) is 0. The highest BCUT2D eigenvalue weighted by Crippen LogP contribution is 2.53. The quantitative estimate of drug-likeness (QED) is 0.275. The van der Waals surface area contributed by atoms with Gasteiger partial charge in [-0.25, -0.2) is 0 Å². The van der Waals surface area contributed by atoms with Crippen LogP contribution in [0.1, 0.15) is 6.92 Å². The molecule has 0 aromatic rings. The van der Waals surface area contributed by atoms with Gasteiger partial charge in [0.1, 0.15) is 0 Å². The van der Waals surface area contributed by atoms with E-state index in [9.17, 15) is 4.57 Å². The molecular weight excluding hydrogens is 311 g/mol. The van der Waals surface area contributed by atoms with Crippen molar-refractivity contribution in [3.63, 3.8) is 0 Å². The van der Waals surface area contributed by atoms with E-state index in [1.165, 1.54) is 20.3 Å². The molecule has 0 aliphatic carbocycles. The first-order chi connectivity index (χ1) is 7.71. The van der Waals surface area contributed by atoms with Gasteiger partial charge in [-0.3, -0.25) is 9.97 Å². The number of halogens is 3. The maximum absolute atomic E-state index is 12.1. The molecule has 0 fully saturated rings. The van der Waals surface area contributed by atoms with Gasteiger partial charge in [-0.05, 0) is 13.0 Å². The topological polar surface area (TPSA) is 68.6 Å². The summed E-state index contributed by atoms with van der Waals surface area (Å²) < 4.78 is 24.5. The second-order valence-electron chi connectivity index (χ2n) is 2.77. The zero-order valence-corrected chi connectivity index (χ0v) is 12.6. The molecule has 5 nitrogen and oxygen atoms in total. The minimum atomic E-state index is -3.56. The molecule has 1 atom stereocenters. The predicted octanol–water partition coefficient (Wildman–Crippen LogP) is 3.74. The molecule has 0 heterocycles. The molecular formula is C8H13Cl3NO4P. The molecule has 0 unspecified atom stereocenters. The van der Waals surface area contributed by atoms with Gasteiger partial charge in [0.2, 0.25) is 11.7 Å². The van der Waals surface area contributed by atoms with Crippen LogP contribution in [-0.2, 0) is 18.3 Å². The predicted molar refractivity (Wildman–Crippen MR) is 69.3 cm³/mol. The zero-order valence-electron chi connectivity index (χ0n) is 9.45. The van der Waals surface area contributed by atoms with Gasteiger partial charge >= 0.3 is 7.60 Å². The average molecular weight is 325 g/mol. The molecule has 0 saturated carbocycles. The van der Waals surface area contributed by atoms with Crippen LogP contribution in [0.5, 0.6) is 0 Å². The summed E-state index contributed by atoms with van der Waals surface area (Å²) in [4.78, 5) is 0. The van der Waals surface area contributed by atoms with Crippen LogP contribution >= 0.6 is 42.4 Å². The highest BCUT2D eigenvalue weighted by molar-refractivity contribution is 7.54. The number of allylic oxidation sites excluding steroid dienone is 1. The molecule has 0 amide bonds. The average Bonchev–Trinajstić information content (AvgIpc) is 2.26. The van der Waals surface area contributed by atoms with E-state index in [1.54, 1.807) is 13.0 Å². The molecule has 0 spiro atoms. The van der Waals surface area contributed by atoms with Gasteiger partial charge in [-0.15, -0.1) is 0 Å². The summed E-state index contributed by atoms with van der Waals surface area (Å²) in [6.45, 7) is 1.67. The Kier molecular flexibility index (Phi) is 7.07. The second-order valence-corrected chi connectivity index (χ2v) is 7.37. The van der Waals surface area contributed by atoms with Gasteiger partial charge in [0, 0.05) is 14.2 Å². The Morgan fingerprint density at radius 1 is 1.35 bits per heavy atom. The van der Waals surface area contributed by atoms with E-state index in [2.05, 4.69) is 0 Å². The molecule has 0 aliphatic rings. The Balaban J connectivity index is 5.02. The molecule has 0 bridgehead atoms. The van der Waals surface area contributed by atoms with E-state index in [1.807, 2.05) is 0 Å². The van der Waals surface area contributed by atoms with Crippen molar-refractivity contribution in [2.24, 2.45) is 0 Å². The molecule has 0 rings (SSSR count). The Morgan fingerprint density at radius 2 is 1.82 bits per heavy atom. The molecule has 0 aromatic heterocycles. The molecule has 0 radical (unpaired) electrons. The lowest BCUT2D eigenvalue weighted by Gasteiger charge is -2.24. The third-order valence-electron chi connectivity index (χ3n) is 1.67. The zero-order chi connectivity index (χ0) is 13.7. The Labute approximate surface area is 115 Å². The number of hydrogen-bond acceptors (Lipinski definition) is 5. The van der Waals surface area contributed by atoms with Crippen LogP contribution in [0.4, 0.5) is 0 Å². The maximum atomic E-state index is 12.1. The van der Waals surface area contributed by atoms with Crippen LogP contribution in [-0.4, -0.2) is 29.8 Å². The third kappa shape index (κ3) is 5.16. The minimum Gasteiger partial charge on any atom is -0.457 e. The number of hydrogen-bond donors (Lipinski definition) is 1. The molecule has 1 N–H and O–H groups in total. The Morgan fingerprint density at radius 3 is 2.12 bits per heavy atom. The summed E-state index contributed by atoms with van der Waals surface area (Å²) in [6.07, 6.45) is 2.94. The fourth-order valence-electron chi connectivity index (χ4n) is 0.844. The number of ether oxygens (including phenoxy) is 1. The number of rotatable bonds is 5. The smallest absolute Gasteiger partial charge is 0.374 e. The largest absolute Gasteiger partial charge is 0.457 e. The van der Waals surface area contributed by atoms with Crippen molar-refractivity contribution in [3.8, 4) is 0 Å². The minimum absolute atomic E-state index is 0.667. The van der Waals surface area contributed by atoms with Crippen molar-refractivity contribution in [2.75, 3.05) is 14.2 Å². The van der Waals surface area contributed by atoms with Crippen LogP contribution in [0, 0.1) is 5.41 Å². The lowest BCUT2D eigenvalue weighted by atomic mass is 10.5. The standard InChI is InChI=1S/C8H13Cl3NO4P/c1-4-5-6(17(13,14-2)15-3)16-7(12)8(9,10)11/h4-6,12H,1-3H3/b5-4+,12-7?/t6-/m0/s1. The van der Waals surface area contributed by atoms with Gasteiger partial charge in [0.05, 0.1) is 0 Å². The highest BCUT2D eigenvalue weighted by atomic mass is 35.6. The van der Waals surface area contributed by atoms with Crippen molar-refractivity contribution >= 4 is 48.3 Å². The van der Waals surface area contributed by atoms with Gasteiger partial charge < -0.3 is 13.8 Å². The summed E-state index contributed by atoms with van der Waals surface area (Å²) in [5, 5.41) is 7.40. The van der Waals surface area contributed by atoms with Gasteiger partial charge in [-0.1, -0.05) is 40.9 Å². The van der Waals surface area contributed by atoms with E-state index in [0.717, 1.165) is 0 Å². The number of nitrogens with one attached hydrogen (secondary N) is 1. The van der Waals surface area contributed by atoms with E-state index >= 15 is 0 Å². The van der Waals surface area contributed by atoms with Crippen LogP contribution in [0.25, 0.3) is 0 Å². The SMILES string of the molecule is C/C=C/[C@@H](OC(=N)C(Cl)(Cl)Cl)P(=O)(OC)OC. The number of alkyl halides is 3. The van der Waals surface area contributed by atoms with E-state index in [0.29, 0.717) is 0 Å². The van der Waals surface area contributed by atoms with E-state index in [-0.39, 0.29) is 0 Å². The third-order valence-corrected chi connectivity index (χ3v) is 4.11. The monoisotopic (exact) mass is 323 g/mol. The lowest BCUT2D eigenvalue weighted by Crippen LogP contribution is -2.27. The van der Waals surface area contributed by atoms with Crippen molar-refractivity contribution in [1.82, 2.24) is 0 Å². The van der Waals surface area contributed by atoms with Gasteiger partial charge in [0.15, 0.2) is 0 Å². The maximum Gasteiger partial charge on any atom is 0.374 e. The van der Waals surface area contributed by atoms with E-state index in [4.69, 9.17) is 54.0 Å². The summed E-state index contributed by atoms with van der Waals surface area (Å²) in [5.74, 6) is -1.81. The van der Waals surface area contributed by atoms with Gasteiger partial charge in [0.25, 0.3) is 3.79 Å². The molecule has 0 aromatic carbocycles. The fraction of sp³-hybridized carbons (Fsp3) is 0.625. The van der Waals surface area contributed by atoms with Crippen molar-refractivity contribution in [2.45, 2.75) is 16.6 Å². The highest BCUT2D eigenvalue weighted by Gasteiger charge is 2.39. The molecule has 100 valence electrons. The van der Waals surface area contributed by atoms with Crippen molar-refractivity contribution < 1.29 is 18.3 Å². The van der Waals surface area contributed by atoms with Crippen LogP contribution < -0.4 is 0 Å². The van der Waals surface area contributed by atoms with Gasteiger partial charge in [-0.2, -0.15) is 0 Å². The molecule has 17 heavy (non-hydrogen) atoms. The first kappa shape index (κ1) is 17.2. The van der Waals surface area contributed by atoms with Crippen molar-refractivity contribution in [3.05, 3.63) is 12.2 Å². The Hall–Kier alpha value is 0.230. The van der Waals surface area contributed by atoms with Crippen LogP contribution in [0.3, 0.4) is 0 Å². The first-order valence-electron chi connectivity index (χ1n) is 4.37. The van der Waals surface area contributed by atoms with Crippen LogP contribution in [0.2, 0.25) is 0 Å². The van der Waals surface area contributed by atoms with Crippen molar-refractivity contribution in [1.29, 1.82) is 5.41 Å². The normalized spacial score (nSPS) is 14.9. The fourth-order valence-corrected chi connectivity index (χ4v) is 2.16. The Bertz CT molecular complexity index is 334. The van der Waals surface area contributed by atoms with Crippen LogP contribution in [0.15, 0.2) is 12.2 Å². The summed E-state index contributed by atoms with van der Waals surface area (Å²) in [7, 11) is -1.16. The summed E-state index contributed by atoms with van der Waals surface area (Å²) in [6, 6.07) is 0. The van der Waals surface area contributed by atoms with E-state index < -0.39 is 23.1 Å². The lowest BCUT2D eigenvalue weighted by molar-refractivity contribution is 0.204. The summed E-state index contributed by atoms with van der Waals surface area (Å²) >= 11 is 16.4. The first-order valence-corrected chi connectivity index (χ1v) is 7.12. The molecule has 9 heteroatoms. The molecule has 0 aliphatic heterocycles.